The van der Waals surface area contributed by atoms with Crippen LogP contribution >= 0.6 is 0 Å². The number of carbonyl (C=O) groups is 1. The Morgan fingerprint density at radius 1 is 1.15 bits per heavy atom. The molecule has 0 radical (unpaired) electrons. The highest BCUT2D eigenvalue weighted by Gasteiger charge is 2.23. The predicted octanol–water partition coefficient (Wildman–Crippen LogP) is 3.34. The SMILES string of the molecule is Cn1ncc(COc2ccc(-c3cn(C(=O)NCC4CCN(c5ccccc5)C4)cn3)cc2)n1. The molecule has 1 amide bonds. The molecule has 1 saturated heterocycles. The van der Waals surface area contributed by atoms with E-state index in [0.29, 0.717) is 19.1 Å². The van der Waals surface area contributed by atoms with Gasteiger partial charge in [-0.15, -0.1) is 0 Å². The van der Waals surface area contributed by atoms with Crippen molar-refractivity contribution < 1.29 is 9.53 Å². The predicted molar refractivity (Wildman–Crippen MR) is 129 cm³/mol. The van der Waals surface area contributed by atoms with E-state index in [-0.39, 0.29) is 6.03 Å². The van der Waals surface area contributed by atoms with Gasteiger partial charge in [0.25, 0.3) is 0 Å². The van der Waals surface area contributed by atoms with E-state index in [0.717, 1.165) is 42.2 Å². The molecule has 174 valence electrons. The number of rotatable bonds is 7. The van der Waals surface area contributed by atoms with E-state index in [1.165, 1.54) is 15.1 Å². The molecule has 1 fully saturated rings. The highest BCUT2D eigenvalue weighted by atomic mass is 16.5. The Morgan fingerprint density at radius 2 is 1.97 bits per heavy atom. The Morgan fingerprint density at radius 3 is 2.74 bits per heavy atom. The van der Waals surface area contributed by atoms with Crippen LogP contribution in [0.1, 0.15) is 12.1 Å². The van der Waals surface area contributed by atoms with Crippen molar-refractivity contribution in [3.8, 4) is 17.0 Å². The van der Waals surface area contributed by atoms with Crippen LogP contribution in [-0.4, -0.2) is 50.2 Å². The number of nitrogens with zero attached hydrogens (tertiary/aromatic N) is 6. The molecule has 34 heavy (non-hydrogen) atoms. The van der Waals surface area contributed by atoms with Crippen molar-refractivity contribution >= 4 is 11.7 Å². The summed E-state index contributed by atoms with van der Waals surface area (Å²) in [7, 11) is 1.77. The maximum Gasteiger partial charge on any atom is 0.326 e. The Labute approximate surface area is 198 Å². The van der Waals surface area contributed by atoms with E-state index in [1.807, 2.05) is 30.3 Å². The minimum Gasteiger partial charge on any atom is -0.487 e. The highest BCUT2D eigenvalue weighted by Crippen LogP contribution is 2.23. The van der Waals surface area contributed by atoms with Gasteiger partial charge in [-0.2, -0.15) is 15.0 Å². The lowest BCUT2D eigenvalue weighted by Gasteiger charge is -2.18. The maximum atomic E-state index is 12.6. The van der Waals surface area contributed by atoms with Crippen molar-refractivity contribution in [1.29, 1.82) is 0 Å². The van der Waals surface area contributed by atoms with Crippen molar-refractivity contribution in [2.24, 2.45) is 13.0 Å². The molecular formula is C25H27N7O2. The third kappa shape index (κ3) is 5.09. The standard InChI is InChI=1S/C25H27N7O2/c1-30-28-14-21(29-30)17-34-23-9-7-20(8-10-23)24-16-32(18-27-24)25(33)26-13-19-11-12-31(15-19)22-5-3-2-4-6-22/h2-10,14,16,18-19H,11-13,15,17H2,1H3,(H,26,33). The largest absolute Gasteiger partial charge is 0.487 e. The fraction of sp³-hybridized carbons (Fsp3) is 0.280. The van der Waals surface area contributed by atoms with Crippen LogP contribution in [0.4, 0.5) is 10.5 Å². The van der Waals surface area contributed by atoms with Gasteiger partial charge in [0, 0.05) is 44.1 Å². The lowest BCUT2D eigenvalue weighted by atomic mass is 10.1. The van der Waals surface area contributed by atoms with Gasteiger partial charge in [-0.25, -0.2) is 9.78 Å². The summed E-state index contributed by atoms with van der Waals surface area (Å²) >= 11 is 0. The van der Waals surface area contributed by atoms with E-state index in [2.05, 4.69) is 49.7 Å². The number of amides is 1. The molecule has 1 atom stereocenters. The first-order chi connectivity index (χ1) is 16.6. The summed E-state index contributed by atoms with van der Waals surface area (Å²) in [4.78, 5) is 20.9. The van der Waals surface area contributed by atoms with Crippen molar-refractivity contribution in [3.05, 3.63) is 79.0 Å². The third-order valence-corrected chi connectivity index (χ3v) is 5.95. The number of para-hydroxylation sites is 1. The topological polar surface area (TPSA) is 90.1 Å². The van der Waals surface area contributed by atoms with Crippen LogP contribution in [-0.2, 0) is 13.7 Å². The van der Waals surface area contributed by atoms with Gasteiger partial charge in [0.1, 0.15) is 24.4 Å². The van der Waals surface area contributed by atoms with Gasteiger partial charge in [0.15, 0.2) is 0 Å². The smallest absolute Gasteiger partial charge is 0.326 e. The van der Waals surface area contributed by atoms with Crippen LogP contribution in [0.5, 0.6) is 5.75 Å². The molecule has 5 rings (SSSR count). The first-order valence-corrected chi connectivity index (χ1v) is 11.3. The van der Waals surface area contributed by atoms with Crippen LogP contribution in [0.3, 0.4) is 0 Å². The van der Waals surface area contributed by atoms with E-state index in [1.54, 1.807) is 25.8 Å². The summed E-state index contributed by atoms with van der Waals surface area (Å²) in [5, 5.41) is 11.3. The number of nitrogens with one attached hydrogen (secondary N) is 1. The number of benzene rings is 2. The summed E-state index contributed by atoms with van der Waals surface area (Å²) in [6.07, 6.45) is 6.04. The molecule has 0 bridgehead atoms. The van der Waals surface area contributed by atoms with Gasteiger partial charge in [-0.3, -0.25) is 4.57 Å². The Kier molecular flexibility index (Phi) is 6.24. The number of imidazole rings is 1. The second-order valence-corrected chi connectivity index (χ2v) is 8.43. The van der Waals surface area contributed by atoms with Crippen LogP contribution in [0.25, 0.3) is 11.3 Å². The van der Waals surface area contributed by atoms with Crippen molar-refractivity contribution in [3.63, 3.8) is 0 Å². The average Bonchev–Trinajstić information content (AvgIpc) is 3.63. The first kappa shape index (κ1) is 21.7. The number of aromatic nitrogens is 5. The second-order valence-electron chi connectivity index (χ2n) is 8.43. The molecule has 9 nitrogen and oxygen atoms in total. The molecule has 0 spiro atoms. The maximum absolute atomic E-state index is 12.6. The Balaban J connectivity index is 1.12. The van der Waals surface area contributed by atoms with Gasteiger partial charge >= 0.3 is 6.03 Å². The lowest BCUT2D eigenvalue weighted by molar-refractivity contribution is 0.240. The first-order valence-electron chi connectivity index (χ1n) is 11.3. The number of hydrogen-bond acceptors (Lipinski definition) is 6. The van der Waals surface area contributed by atoms with Crippen LogP contribution < -0.4 is 15.0 Å². The molecular weight excluding hydrogens is 430 g/mol. The molecule has 0 aliphatic carbocycles. The van der Waals surface area contributed by atoms with Crippen molar-refractivity contribution in [1.82, 2.24) is 29.9 Å². The summed E-state index contributed by atoms with van der Waals surface area (Å²) in [6.45, 7) is 2.96. The van der Waals surface area contributed by atoms with Gasteiger partial charge in [0.05, 0.1) is 11.9 Å². The quantitative estimate of drug-likeness (QED) is 0.458. The zero-order valence-corrected chi connectivity index (χ0v) is 19.0. The number of carbonyl (C=O) groups excluding carboxylic acids is 1. The van der Waals surface area contributed by atoms with Crippen molar-refractivity contribution in [2.45, 2.75) is 13.0 Å². The van der Waals surface area contributed by atoms with Crippen LogP contribution in [0.15, 0.2) is 73.3 Å². The Bertz CT molecular complexity index is 1230. The van der Waals surface area contributed by atoms with Gasteiger partial charge in [-0.05, 0) is 48.7 Å². The monoisotopic (exact) mass is 457 g/mol. The molecule has 4 aromatic rings. The molecule has 0 saturated carbocycles. The highest BCUT2D eigenvalue weighted by molar-refractivity contribution is 5.78. The number of aryl methyl sites for hydroxylation is 1. The van der Waals surface area contributed by atoms with Gasteiger partial charge in [-0.1, -0.05) is 18.2 Å². The molecule has 1 N–H and O–H groups in total. The van der Waals surface area contributed by atoms with Gasteiger partial charge < -0.3 is 15.0 Å². The molecule has 2 aromatic heterocycles. The zero-order chi connectivity index (χ0) is 23.3. The molecule has 3 heterocycles. The fourth-order valence-corrected chi connectivity index (χ4v) is 4.11. The normalized spacial score (nSPS) is 15.4. The molecule has 1 aliphatic rings. The molecule has 2 aromatic carbocycles. The van der Waals surface area contributed by atoms with E-state index >= 15 is 0 Å². The van der Waals surface area contributed by atoms with E-state index < -0.39 is 0 Å². The minimum absolute atomic E-state index is 0.166. The van der Waals surface area contributed by atoms with Crippen molar-refractivity contribution in [2.75, 3.05) is 24.5 Å². The molecule has 1 aliphatic heterocycles. The molecule has 1 unspecified atom stereocenters. The number of anilines is 1. The lowest BCUT2D eigenvalue weighted by Crippen LogP contribution is -2.33. The average molecular weight is 458 g/mol. The van der Waals surface area contributed by atoms with Gasteiger partial charge in [0.2, 0.25) is 0 Å². The summed E-state index contributed by atoms with van der Waals surface area (Å²) < 4.78 is 7.24. The summed E-state index contributed by atoms with van der Waals surface area (Å²) in [5.41, 5.74) is 3.64. The van der Waals surface area contributed by atoms with Crippen LogP contribution in [0.2, 0.25) is 0 Å². The van der Waals surface area contributed by atoms with E-state index in [4.69, 9.17) is 4.74 Å². The third-order valence-electron chi connectivity index (χ3n) is 5.95. The zero-order valence-electron chi connectivity index (χ0n) is 19.0. The summed E-state index contributed by atoms with van der Waals surface area (Å²) in [6, 6.07) is 17.8. The van der Waals surface area contributed by atoms with E-state index in [9.17, 15) is 4.79 Å². The second kappa shape index (κ2) is 9.78. The number of ether oxygens (including phenoxy) is 1. The Hall–Kier alpha value is -4.14. The number of hydrogen-bond donors (Lipinski definition) is 1. The van der Waals surface area contributed by atoms with Crippen LogP contribution in [0, 0.1) is 5.92 Å². The fourth-order valence-electron chi connectivity index (χ4n) is 4.11. The minimum atomic E-state index is -0.166. The molecule has 9 heteroatoms. The summed E-state index contributed by atoms with van der Waals surface area (Å²) in [5.74, 6) is 1.16.